The van der Waals surface area contributed by atoms with Crippen LogP contribution < -0.4 is 15.0 Å². The lowest BCUT2D eigenvalue weighted by molar-refractivity contribution is 0.0698. The van der Waals surface area contributed by atoms with E-state index in [1.54, 1.807) is 65.4 Å². The number of ether oxygens (including phenoxy) is 2. The monoisotopic (exact) mass is 423 g/mol. The van der Waals surface area contributed by atoms with Crippen LogP contribution in [0.2, 0.25) is 0 Å². The third-order valence-electron chi connectivity index (χ3n) is 5.64. The molecular formula is C23H25N3O5. The topological polar surface area (TPSA) is 88.2 Å². The van der Waals surface area contributed by atoms with E-state index >= 15 is 0 Å². The summed E-state index contributed by atoms with van der Waals surface area (Å²) in [6, 6.07) is 14.1. The highest BCUT2D eigenvalue weighted by Crippen LogP contribution is 2.21. The smallest absolute Gasteiger partial charge is 0.414 e. The number of cyclic esters (lactones) is 1. The van der Waals surface area contributed by atoms with Crippen LogP contribution in [0.25, 0.3) is 0 Å². The van der Waals surface area contributed by atoms with Gasteiger partial charge in [0.25, 0.3) is 11.8 Å². The Balaban J connectivity index is 1.30. The molecule has 0 unspecified atom stereocenters. The van der Waals surface area contributed by atoms with E-state index in [9.17, 15) is 14.4 Å². The lowest BCUT2D eigenvalue weighted by atomic mass is 10.0. The van der Waals surface area contributed by atoms with Gasteiger partial charge in [-0.05, 0) is 55.3 Å². The van der Waals surface area contributed by atoms with Crippen LogP contribution in [0.15, 0.2) is 48.5 Å². The molecule has 2 saturated heterocycles. The number of hydrogen-bond acceptors (Lipinski definition) is 5. The van der Waals surface area contributed by atoms with Gasteiger partial charge in [0, 0.05) is 35.9 Å². The molecule has 2 aliphatic rings. The SMILES string of the molecule is COc1cccc(C(=O)NC2CCN(C(=O)c3ccc(N4CCOC4=O)cc3)CC2)c1. The number of carbonyl (C=O) groups is 3. The minimum atomic E-state index is -0.364. The fourth-order valence-corrected chi connectivity index (χ4v) is 3.85. The van der Waals surface area contributed by atoms with E-state index in [0.717, 1.165) is 5.69 Å². The maximum absolute atomic E-state index is 12.8. The number of benzene rings is 2. The molecule has 0 aromatic heterocycles. The third-order valence-corrected chi connectivity index (χ3v) is 5.64. The number of rotatable bonds is 5. The van der Waals surface area contributed by atoms with Crippen LogP contribution in [0.1, 0.15) is 33.6 Å². The molecule has 2 heterocycles. The summed E-state index contributed by atoms with van der Waals surface area (Å²) >= 11 is 0. The zero-order valence-electron chi connectivity index (χ0n) is 17.4. The van der Waals surface area contributed by atoms with Crippen molar-refractivity contribution in [2.75, 3.05) is 38.3 Å². The van der Waals surface area contributed by atoms with Crippen LogP contribution in [0.5, 0.6) is 5.75 Å². The van der Waals surface area contributed by atoms with Gasteiger partial charge in [-0.15, -0.1) is 0 Å². The van der Waals surface area contributed by atoms with Gasteiger partial charge in [0.1, 0.15) is 12.4 Å². The van der Waals surface area contributed by atoms with Crippen molar-refractivity contribution in [2.24, 2.45) is 0 Å². The Morgan fingerprint density at radius 1 is 1.03 bits per heavy atom. The molecule has 0 spiro atoms. The molecule has 2 aromatic rings. The third kappa shape index (κ3) is 4.63. The van der Waals surface area contributed by atoms with Crippen LogP contribution in [-0.2, 0) is 4.74 Å². The minimum Gasteiger partial charge on any atom is -0.497 e. The van der Waals surface area contributed by atoms with Gasteiger partial charge in [0.05, 0.1) is 13.7 Å². The highest BCUT2D eigenvalue weighted by molar-refractivity contribution is 5.96. The van der Waals surface area contributed by atoms with Crippen LogP contribution in [0.3, 0.4) is 0 Å². The van der Waals surface area contributed by atoms with Gasteiger partial charge in [-0.25, -0.2) is 4.79 Å². The molecule has 8 nitrogen and oxygen atoms in total. The largest absolute Gasteiger partial charge is 0.497 e. The van der Waals surface area contributed by atoms with Crippen molar-refractivity contribution >= 4 is 23.6 Å². The number of amides is 3. The minimum absolute atomic E-state index is 0.0197. The Morgan fingerprint density at radius 3 is 2.42 bits per heavy atom. The fourth-order valence-electron chi connectivity index (χ4n) is 3.85. The first-order chi connectivity index (χ1) is 15.0. The van der Waals surface area contributed by atoms with Gasteiger partial charge in [0.15, 0.2) is 0 Å². The van der Waals surface area contributed by atoms with Crippen molar-refractivity contribution in [1.82, 2.24) is 10.2 Å². The van der Waals surface area contributed by atoms with Crippen molar-refractivity contribution in [3.63, 3.8) is 0 Å². The second kappa shape index (κ2) is 9.07. The first-order valence-corrected chi connectivity index (χ1v) is 10.3. The van der Waals surface area contributed by atoms with E-state index in [1.165, 1.54) is 0 Å². The molecule has 31 heavy (non-hydrogen) atoms. The average molecular weight is 423 g/mol. The lowest BCUT2D eigenvalue weighted by Crippen LogP contribution is -2.46. The van der Waals surface area contributed by atoms with E-state index in [0.29, 0.717) is 56.0 Å². The van der Waals surface area contributed by atoms with E-state index in [2.05, 4.69) is 5.32 Å². The molecule has 0 radical (unpaired) electrons. The number of carbonyl (C=O) groups excluding carboxylic acids is 3. The number of nitrogens with zero attached hydrogens (tertiary/aromatic N) is 2. The highest BCUT2D eigenvalue weighted by Gasteiger charge is 2.26. The van der Waals surface area contributed by atoms with Crippen molar-refractivity contribution in [2.45, 2.75) is 18.9 Å². The Kier molecular flexibility index (Phi) is 6.06. The van der Waals surface area contributed by atoms with Gasteiger partial charge in [-0.3, -0.25) is 14.5 Å². The van der Waals surface area contributed by atoms with E-state index in [1.807, 2.05) is 0 Å². The maximum atomic E-state index is 12.8. The summed E-state index contributed by atoms with van der Waals surface area (Å²) in [7, 11) is 1.57. The number of piperidine rings is 1. The highest BCUT2D eigenvalue weighted by atomic mass is 16.6. The molecule has 4 rings (SSSR count). The molecule has 8 heteroatoms. The number of likely N-dealkylation sites (tertiary alicyclic amines) is 1. The van der Waals surface area contributed by atoms with E-state index < -0.39 is 0 Å². The molecule has 3 amide bonds. The quantitative estimate of drug-likeness (QED) is 0.799. The predicted molar refractivity (Wildman–Crippen MR) is 115 cm³/mol. The molecular weight excluding hydrogens is 398 g/mol. The van der Waals surface area contributed by atoms with E-state index in [4.69, 9.17) is 9.47 Å². The molecule has 2 aliphatic heterocycles. The number of hydrogen-bond donors (Lipinski definition) is 1. The van der Waals surface area contributed by atoms with Crippen LogP contribution >= 0.6 is 0 Å². The van der Waals surface area contributed by atoms with Crippen molar-refractivity contribution in [1.29, 1.82) is 0 Å². The van der Waals surface area contributed by atoms with Crippen LogP contribution in [-0.4, -0.2) is 62.2 Å². The molecule has 0 saturated carbocycles. The lowest BCUT2D eigenvalue weighted by Gasteiger charge is -2.32. The summed E-state index contributed by atoms with van der Waals surface area (Å²) in [4.78, 5) is 40.3. The first-order valence-electron chi connectivity index (χ1n) is 10.3. The number of anilines is 1. The van der Waals surface area contributed by atoms with Crippen molar-refractivity contribution < 1.29 is 23.9 Å². The zero-order valence-corrected chi connectivity index (χ0v) is 17.4. The molecule has 2 aromatic carbocycles. The molecule has 0 bridgehead atoms. The zero-order chi connectivity index (χ0) is 21.8. The van der Waals surface area contributed by atoms with E-state index in [-0.39, 0.29) is 23.9 Å². The first kappa shape index (κ1) is 20.7. The molecule has 0 aliphatic carbocycles. The standard InChI is InChI=1S/C23H25N3O5/c1-30-20-4-2-3-17(15-20)21(27)24-18-9-11-25(12-10-18)22(28)16-5-7-19(8-6-16)26-13-14-31-23(26)29/h2-8,15,18H,9-14H2,1H3,(H,24,27). The summed E-state index contributed by atoms with van der Waals surface area (Å²) in [5.74, 6) is 0.452. The normalized spacial score (nSPS) is 16.7. The van der Waals surface area contributed by atoms with Crippen molar-refractivity contribution in [3.05, 3.63) is 59.7 Å². The Bertz CT molecular complexity index is 967. The summed E-state index contributed by atoms with van der Waals surface area (Å²) in [6.45, 7) is 2.04. The van der Waals surface area contributed by atoms with Gasteiger partial charge in [-0.1, -0.05) is 6.07 Å². The number of nitrogens with one attached hydrogen (secondary N) is 1. The number of methoxy groups -OCH3 is 1. The Morgan fingerprint density at radius 2 is 1.77 bits per heavy atom. The molecule has 162 valence electrons. The Hall–Kier alpha value is -3.55. The van der Waals surface area contributed by atoms with Crippen molar-refractivity contribution in [3.8, 4) is 5.75 Å². The average Bonchev–Trinajstić information content (AvgIpc) is 3.25. The summed E-state index contributed by atoms with van der Waals surface area (Å²) in [5.41, 5.74) is 1.85. The van der Waals surface area contributed by atoms with Gasteiger partial charge in [-0.2, -0.15) is 0 Å². The summed E-state index contributed by atoms with van der Waals surface area (Å²) in [5, 5.41) is 3.05. The molecule has 0 atom stereocenters. The maximum Gasteiger partial charge on any atom is 0.414 e. The second-order valence-electron chi connectivity index (χ2n) is 7.58. The van der Waals surface area contributed by atoms with Gasteiger partial charge < -0.3 is 19.7 Å². The Labute approximate surface area is 180 Å². The van der Waals surface area contributed by atoms with Crippen LogP contribution in [0.4, 0.5) is 10.5 Å². The summed E-state index contributed by atoms with van der Waals surface area (Å²) < 4.78 is 10.1. The second-order valence-corrected chi connectivity index (χ2v) is 7.58. The molecule has 1 N–H and O–H groups in total. The van der Waals surface area contributed by atoms with Gasteiger partial charge in [0.2, 0.25) is 0 Å². The predicted octanol–water partition coefficient (Wildman–Crippen LogP) is 2.69. The van der Waals surface area contributed by atoms with Crippen LogP contribution in [0, 0.1) is 0 Å². The van der Waals surface area contributed by atoms with Gasteiger partial charge >= 0.3 is 6.09 Å². The fraction of sp³-hybridized carbons (Fsp3) is 0.348. The summed E-state index contributed by atoms with van der Waals surface area (Å²) in [6.07, 6.45) is 1.02. The molecule has 2 fully saturated rings.